The lowest BCUT2D eigenvalue weighted by Gasteiger charge is -2.20. The number of ether oxygens (including phenoxy) is 1. The molecule has 2 N–H and O–H groups in total. The number of esters is 1. The van der Waals surface area contributed by atoms with E-state index >= 15 is 0 Å². The molecule has 9 heteroatoms. The largest absolute Gasteiger partial charge is 0.456 e. The quantitative estimate of drug-likeness (QED) is 0.427. The predicted molar refractivity (Wildman–Crippen MR) is 114 cm³/mol. The fraction of sp³-hybridized carbons (Fsp3) is 0.130. The zero-order chi connectivity index (χ0) is 22.5. The first-order valence-electron chi connectivity index (χ1n) is 9.82. The minimum atomic E-state index is -0.620. The van der Waals surface area contributed by atoms with Crippen molar-refractivity contribution in [3.8, 4) is 0 Å². The van der Waals surface area contributed by atoms with Crippen molar-refractivity contribution in [2.24, 2.45) is 0 Å². The summed E-state index contributed by atoms with van der Waals surface area (Å²) in [5.74, 6) is -1.46. The van der Waals surface area contributed by atoms with E-state index in [1.165, 1.54) is 6.07 Å². The number of anilines is 2. The lowest BCUT2D eigenvalue weighted by molar-refractivity contribution is -0.147. The number of rotatable bonds is 7. The number of hydrogen-bond donors (Lipinski definition) is 2. The van der Waals surface area contributed by atoms with Crippen LogP contribution in [0.3, 0.4) is 0 Å². The molecule has 0 unspecified atom stereocenters. The maximum absolute atomic E-state index is 13.0. The summed E-state index contributed by atoms with van der Waals surface area (Å²) in [5.41, 5.74) is 1.16. The summed E-state index contributed by atoms with van der Waals surface area (Å²) in [5, 5.41) is 5.43. The lowest BCUT2D eigenvalue weighted by atomic mass is 9.83. The fourth-order valence-corrected chi connectivity index (χ4v) is 3.32. The van der Waals surface area contributed by atoms with Crippen LogP contribution in [0.1, 0.15) is 38.3 Å². The number of amides is 1. The molecule has 2 aromatic carbocycles. The van der Waals surface area contributed by atoms with Crippen LogP contribution in [-0.4, -0.2) is 46.6 Å². The third-order valence-electron chi connectivity index (χ3n) is 4.77. The second-order valence-electron chi connectivity index (χ2n) is 6.89. The Balaban J connectivity index is 1.36. The highest BCUT2D eigenvalue weighted by Gasteiger charge is 2.31. The summed E-state index contributed by atoms with van der Waals surface area (Å²) in [6.45, 7) is -0.282. The summed E-state index contributed by atoms with van der Waals surface area (Å²) in [4.78, 5) is 57.8. The van der Waals surface area contributed by atoms with Crippen LogP contribution in [-0.2, 0) is 14.3 Å². The fourth-order valence-electron chi connectivity index (χ4n) is 3.32. The van der Waals surface area contributed by atoms with E-state index < -0.39 is 18.5 Å². The standard InChI is InChI=1S/C23H18N4O5/c28-18(13-32-19(29)9-12-26-23-24-10-4-11-25-23)27-17-8-3-7-16-20(17)22(31)15-6-2-1-5-14(15)21(16)30/h1-8,10-11H,9,12-13H2,(H,27,28)(H,24,25,26). The lowest BCUT2D eigenvalue weighted by Crippen LogP contribution is -2.26. The Morgan fingerprint density at radius 3 is 2.28 bits per heavy atom. The zero-order valence-corrected chi connectivity index (χ0v) is 16.8. The van der Waals surface area contributed by atoms with Gasteiger partial charge in [-0.25, -0.2) is 9.97 Å². The van der Waals surface area contributed by atoms with Gasteiger partial charge < -0.3 is 15.4 Å². The van der Waals surface area contributed by atoms with Crippen LogP contribution in [0.15, 0.2) is 60.9 Å². The summed E-state index contributed by atoms with van der Waals surface area (Å²) < 4.78 is 4.98. The van der Waals surface area contributed by atoms with Gasteiger partial charge in [0.1, 0.15) is 0 Å². The highest BCUT2D eigenvalue weighted by molar-refractivity contribution is 6.30. The number of ketones is 2. The topological polar surface area (TPSA) is 127 Å². The van der Waals surface area contributed by atoms with Gasteiger partial charge in [0.25, 0.3) is 5.91 Å². The minimum Gasteiger partial charge on any atom is -0.456 e. The number of nitrogens with zero attached hydrogens (tertiary/aromatic N) is 2. The minimum absolute atomic E-state index is 0.00996. The van der Waals surface area contributed by atoms with Gasteiger partial charge in [0, 0.05) is 35.6 Å². The molecule has 160 valence electrons. The van der Waals surface area contributed by atoms with E-state index in [1.54, 1.807) is 54.9 Å². The van der Waals surface area contributed by atoms with Crippen LogP contribution in [0.5, 0.6) is 0 Å². The molecule has 0 fully saturated rings. The summed E-state index contributed by atoms with van der Waals surface area (Å²) in [6.07, 6.45) is 3.14. The van der Waals surface area contributed by atoms with Crippen molar-refractivity contribution in [3.05, 3.63) is 83.2 Å². The third kappa shape index (κ3) is 4.36. The van der Waals surface area contributed by atoms with Crippen LogP contribution in [0, 0.1) is 0 Å². The first-order chi connectivity index (χ1) is 15.5. The monoisotopic (exact) mass is 430 g/mol. The Bertz CT molecular complexity index is 1210. The molecule has 32 heavy (non-hydrogen) atoms. The van der Waals surface area contributed by atoms with E-state index in [9.17, 15) is 19.2 Å². The van der Waals surface area contributed by atoms with Crippen molar-refractivity contribution < 1.29 is 23.9 Å². The van der Waals surface area contributed by atoms with Gasteiger partial charge in [-0.1, -0.05) is 36.4 Å². The maximum atomic E-state index is 13.0. The average Bonchev–Trinajstić information content (AvgIpc) is 2.82. The van der Waals surface area contributed by atoms with Crippen LogP contribution >= 0.6 is 0 Å². The van der Waals surface area contributed by atoms with E-state index in [-0.39, 0.29) is 46.9 Å². The van der Waals surface area contributed by atoms with Gasteiger partial charge in [-0.3, -0.25) is 19.2 Å². The van der Waals surface area contributed by atoms with Crippen molar-refractivity contribution in [2.45, 2.75) is 6.42 Å². The summed E-state index contributed by atoms with van der Waals surface area (Å²) in [7, 11) is 0. The number of nitrogens with one attached hydrogen (secondary N) is 2. The molecule has 3 aromatic rings. The Labute approximate surface area is 182 Å². The van der Waals surface area contributed by atoms with E-state index in [4.69, 9.17) is 4.74 Å². The summed E-state index contributed by atoms with van der Waals surface area (Å²) >= 11 is 0. The number of hydrogen-bond acceptors (Lipinski definition) is 8. The molecule has 9 nitrogen and oxygen atoms in total. The molecule has 0 bridgehead atoms. The highest BCUT2D eigenvalue weighted by atomic mass is 16.5. The maximum Gasteiger partial charge on any atom is 0.308 e. The molecular weight excluding hydrogens is 412 g/mol. The first-order valence-corrected chi connectivity index (χ1v) is 9.82. The molecule has 1 aromatic heterocycles. The normalized spacial score (nSPS) is 11.9. The highest BCUT2D eigenvalue weighted by Crippen LogP contribution is 2.31. The molecule has 0 spiro atoms. The summed E-state index contributed by atoms with van der Waals surface area (Å²) in [6, 6.07) is 12.9. The number of benzene rings is 2. The average molecular weight is 430 g/mol. The molecule has 1 aliphatic rings. The third-order valence-corrected chi connectivity index (χ3v) is 4.77. The number of aromatic nitrogens is 2. The number of carbonyl (C=O) groups excluding carboxylic acids is 4. The molecule has 1 amide bonds. The molecule has 0 atom stereocenters. The van der Waals surface area contributed by atoms with Gasteiger partial charge in [0.05, 0.1) is 17.7 Å². The van der Waals surface area contributed by atoms with E-state index in [1.807, 2.05) is 0 Å². The van der Waals surface area contributed by atoms with Crippen LogP contribution in [0.2, 0.25) is 0 Å². The molecular formula is C23H18N4O5. The Kier molecular flexibility index (Phi) is 5.98. The molecule has 0 aliphatic heterocycles. The van der Waals surface area contributed by atoms with Gasteiger partial charge in [-0.05, 0) is 12.1 Å². The molecule has 4 rings (SSSR count). The van der Waals surface area contributed by atoms with Crippen molar-refractivity contribution >= 4 is 35.1 Å². The molecule has 0 saturated heterocycles. The van der Waals surface area contributed by atoms with E-state index in [2.05, 4.69) is 20.6 Å². The van der Waals surface area contributed by atoms with Crippen molar-refractivity contribution in [3.63, 3.8) is 0 Å². The van der Waals surface area contributed by atoms with Crippen LogP contribution in [0.4, 0.5) is 11.6 Å². The van der Waals surface area contributed by atoms with Gasteiger partial charge in [0.15, 0.2) is 18.2 Å². The molecule has 1 aliphatic carbocycles. The van der Waals surface area contributed by atoms with Gasteiger partial charge in [-0.2, -0.15) is 0 Å². The number of fused-ring (bicyclic) bond motifs is 2. The van der Waals surface area contributed by atoms with Crippen LogP contribution < -0.4 is 10.6 Å². The van der Waals surface area contributed by atoms with Gasteiger partial charge in [0.2, 0.25) is 5.95 Å². The second-order valence-corrected chi connectivity index (χ2v) is 6.89. The smallest absolute Gasteiger partial charge is 0.308 e. The Hall–Kier alpha value is -4.40. The van der Waals surface area contributed by atoms with Crippen molar-refractivity contribution in [1.82, 2.24) is 9.97 Å². The van der Waals surface area contributed by atoms with Crippen LogP contribution in [0.25, 0.3) is 0 Å². The molecule has 0 saturated carbocycles. The molecule has 0 radical (unpaired) electrons. The first kappa shape index (κ1) is 20.9. The SMILES string of the molecule is O=C(COC(=O)CCNc1ncccn1)Nc1cccc2c1C(=O)c1ccccc1C2=O. The van der Waals surface area contributed by atoms with Crippen molar-refractivity contribution in [2.75, 3.05) is 23.8 Å². The van der Waals surface area contributed by atoms with E-state index in [0.29, 0.717) is 11.5 Å². The second kappa shape index (κ2) is 9.17. The Morgan fingerprint density at radius 2 is 1.53 bits per heavy atom. The predicted octanol–water partition coefficient (Wildman–Crippen LogP) is 2.24. The van der Waals surface area contributed by atoms with Gasteiger partial charge in [-0.15, -0.1) is 0 Å². The molecule has 1 heterocycles. The zero-order valence-electron chi connectivity index (χ0n) is 16.8. The van der Waals surface area contributed by atoms with Crippen molar-refractivity contribution in [1.29, 1.82) is 0 Å². The number of carbonyl (C=O) groups is 4. The van der Waals surface area contributed by atoms with E-state index in [0.717, 1.165) is 0 Å². The Morgan fingerprint density at radius 1 is 0.844 bits per heavy atom. The van der Waals surface area contributed by atoms with Gasteiger partial charge >= 0.3 is 5.97 Å².